The number of thioether (sulfide) groups is 2. The van der Waals surface area contributed by atoms with Crippen LogP contribution in [0, 0.1) is 13.8 Å². The molecule has 8 rings (SSSR count). The Labute approximate surface area is 346 Å². The highest BCUT2D eigenvalue weighted by Crippen LogP contribution is 2.42. The summed E-state index contributed by atoms with van der Waals surface area (Å²) >= 11 is 3.25. The van der Waals surface area contributed by atoms with Crippen LogP contribution in [0.25, 0.3) is 22.8 Å². The minimum Gasteiger partial charge on any atom is -0.493 e. The Morgan fingerprint density at radius 2 is 1.00 bits per heavy atom. The number of aromatic nitrogens is 6. The molecule has 0 unspecified atom stereocenters. The summed E-state index contributed by atoms with van der Waals surface area (Å²) in [6.45, 7) is 5.44. The van der Waals surface area contributed by atoms with Crippen LogP contribution in [0.3, 0.4) is 0 Å². The SMILES string of the molecule is COc1cc(-c2nnc3n2N=C(c2ccc(C)cc2)CS3)cc(OC)c1OCCN(C)C.COc1ccc(-c2nnc3n2N=C(c2ccc(C)cc2)CS3)cc1OC. The molecule has 2 aliphatic heterocycles. The lowest BCUT2D eigenvalue weighted by atomic mass is 10.1. The van der Waals surface area contributed by atoms with Crippen molar-refractivity contribution in [3.63, 3.8) is 0 Å². The number of likely N-dealkylation sites (N-methyl/N-ethyl adjacent to an activating group) is 1. The number of hydrogen-bond donors (Lipinski definition) is 0. The summed E-state index contributed by atoms with van der Waals surface area (Å²) in [5, 5.41) is 28.5. The van der Waals surface area contributed by atoms with Crippen molar-refractivity contribution in [3.05, 3.63) is 101 Å². The second kappa shape index (κ2) is 18.2. The van der Waals surface area contributed by atoms with Crippen LogP contribution in [0.15, 0.2) is 99.4 Å². The Balaban J connectivity index is 0.000000180. The minimum absolute atomic E-state index is 0.514. The lowest BCUT2D eigenvalue weighted by Crippen LogP contribution is -2.19. The molecule has 2 aromatic heterocycles. The van der Waals surface area contributed by atoms with E-state index in [0.29, 0.717) is 47.0 Å². The predicted octanol–water partition coefficient (Wildman–Crippen LogP) is 7.20. The van der Waals surface area contributed by atoms with Crippen molar-refractivity contribution in [2.45, 2.75) is 24.2 Å². The van der Waals surface area contributed by atoms with Gasteiger partial charge >= 0.3 is 0 Å². The third-order valence-corrected chi connectivity index (χ3v) is 11.1. The molecule has 4 aromatic carbocycles. The molecule has 14 nitrogen and oxygen atoms in total. The minimum atomic E-state index is 0.514. The maximum Gasteiger partial charge on any atom is 0.212 e. The van der Waals surface area contributed by atoms with Gasteiger partial charge in [-0.3, -0.25) is 0 Å². The number of nitrogens with zero attached hydrogens (tertiary/aromatic N) is 9. The number of benzene rings is 4. The first-order chi connectivity index (χ1) is 28.2. The molecule has 0 N–H and O–H groups in total. The van der Waals surface area contributed by atoms with Crippen LogP contribution in [-0.2, 0) is 0 Å². The number of hydrogen-bond acceptors (Lipinski definition) is 14. The van der Waals surface area contributed by atoms with Gasteiger partial charge in [0.2, 0.25) is 16.1 Å². The van der Waals surface area contributed by atoms with Crippen LogP contribution in [0.4, 0.5) is 0 Å². The van der Waals surface area contributed by atoms with Gasteiger partial charge in [-0.15, -0.1) is 20.4 Å². The standard InChI is InChI=1S/C23H27N5O3S.C19H18N4O2S/c1-15-6-8-16(9-7-15)18-14-32-23-25-24-22(28(23)26-18)17-12-19(29-4)21(20(13-17)30-5)31-11-10-27(2)3;1-12-4-6-13(7-5-12)15-11-26-19-21-20-18(23(19)22-15)14-8-9-16(24-2)17(10-14)25-3/h6-9,12-13H,10-11,14H2,1-5H3;4-10H,11H2,1-3H3. The van der Waals surface area contributed by atoms with Gasteiger partial charge in [-0.25, -0.2) is 0 Å². The van der Waals surface area contributed by atoms with Gasteiger partial charge in [-0.2, -0.15) is 19.6 Å². The zero-order valence-corrected chi connectivity index (χ0v) is 35.3. The van der Waals surface area contributed by atoms with Crippen LogP contribution < -0.4 is 23.7 Å². The fourth-order valence-electron chi connectivity index (χ4n) is 6.05. The molecular weight excluding hydrogens is 775 g/mol. The Morgan fingerprint density at radius 3 is 1.47 bits per heavy atom. The zero-order valence-electron chi connectivity index (χ0n) is 33.7. The van der Waals surface area contributed by atoms with Gasteiger partial charge in [-0.1, -0.05) is 83.2 Å². The summed E-state index contributed by atoms with van der Waals surface area (Å²) in [7, 11) is 10.5. The highest BCUT2D eigenvalue weighted by Gasteiger charge is 2.25. The molecule has 4 heterocycles. The molecule has 0 spiro atoms. The molecule has 300 valence electrons. The van der Waals surface area contributed by atoms with E-state index >= 15 is 0 Å². The summed E-state index contributed by atoms with van der Waals surface area (Å²) in [4.78, 5) is 2.05. The normalized spacial score (nSPS) is 13.1. The number of rotatable bonds is 12. The highest BCUT2D eigenvalue weighted by molar-refractivity contribution is 8.00. The molecule has 2 aliphatic rings. The number of aryl methyl sites for hydroxylation is 2. The summed E-state index contributed by atoms with van der Waals surface area (Å²) < 4.78 is 31.5. The first-order valence-electron chi connectivity index (χ1n) is 18.4. The second-order valence-corrected chi connectivity index (χ2v) is 15.5. The van der Waals surface area contributed by atoms with Crippen molar-refractivity contribution in [2.75, 3.05) is 67.2 Å². The monoisotopic (exact) mass is 819 g/mol. The molecule has 0 radical (unpaired) electrons. The lowest BCUT2D eigenvalue weighted by Gasteiger charge is -2.18. The number of ether oxygens (including phenoxy) is 5. The molecule has 0 bridgehead atoms. The van der Waals surface area contributed by atoms with E-state index in [1.54, 1.807) is 61.3 Å². The Bertz CT molecular complexity index is 2420. The van der Waals surface area contributed by atoms with Crippen molar-refractivity contribution in [2.24, 2.45) is 10.2 Å². The maximum absolute atomic E-state index is 5.96. The third-order valence-electron chi connectivity index (χ3n) is 9.26. The van der Waals surface area contributed by atoms with Gasteiger partial charge in [0, 0.05) is 29.2 Å². The molecule has 0 aliphatic carbocycles. The third kappa shape index (κ3) is 8.83. The van der Waals surface area contributed by atoms with E-state index < -0.39 is 0 Å². The van der Waals surface area contributed by atoms with Gasteiger partial charge < -0.3 is 28.6 Å². The molecular formula is C42H45N9O5S2. The topological polar surface area (TPSA) is 136 Å². The largest absolute Gasteiger partial charge is 0.493 e. The fraction of sp³-hybridized carbons (Fsp3) is 0.286. The molecule has 0 saturated carbocycles. The lowest BCUT2D eigenvalue weighted by molar-refractivity contribution is 0.240. The summed E-state index contributed by atoms with van der Waals surface area (Å²) in [5.74, 6) is 5.84. The van der Waals surface area contributed by atoms with Crippen molar-refractivity contribution >= 4 is 34.9 Å². The Kier molecular flexibility index (Phi) is 12.6. The van der Waals surface area contributed by atoms with Crippen LogP contribution >= 0.6 is 23.5 Å². The van der Waals surface area contributed by atoms with E-state index in [1.165, 1.54) is 11.1 Å². The second-order valence-electron chi connectivity index (χ2n) is 13.6. The molecule has 0 atom stereocenters. The average molecular weight is 820 g/mol. The van der Waals surface area contributed by atoms with Crippen LogP contribution in [0.2, 0.25) is 0 Å². The van der Waals surface area contributed by atoms with Crippen molar-refractivity contribution in [3.8, 4) is 51.5 Å². The number of methoxy groups -OCH3 is 4. The van der Waals surface area contributed by atoms with E-state index in [1.807, 2.05) is 44.4 Å². The molecule has 0 amide bonds. The van der Waals surface area contributed by atoms with Gasteiger partial charge in [0.05, 0.1) is 39.9 Å². The van der Waals surface area contributed by atoms with E-state index in [-0.39, 0.29) is 0 Å². The smallest absolute Gasteiger partial charge is 0.212 e. The molecule has 0 saturated heterocycles. The van der Waals surface area contributed by atoms with E-state index in [4.69, 9.17) is 33.9 Å². The summed E-state index contributed by atoms with van der Waals surface area (Å²) in [6.07, 6.45) is 0. The predicted molar refractivity (Wildman–Crippen MR) is 229 cm³/mol. The van der Waals surface area contributed by atoms with Crippen molar-refractivity contribution < 1.29 is 23.7 Å². The van der Waals surface area contributed by atoms with Crippen LogP contribution in [-0.4, -0.2) is 113 Å². The first-order valence-corrected chi connectivity index (χ1v) is 20.4. The zero-order chi connectivity index (χ0) is 40.8. The van der Waals surface area contributed by atoms with E-state index in [0.717, 1.165) is 62.0 Å². The molecule has 0 fully saturated rings. The Hall–Kier alpha value is -5.84. The molecule has 58 heavy (non-hydrogen) atoms. The van der Waals surface area contributed by atoms with Gasteiger partial charge in [0.25, 0.3) is 0 Å². The Morgan fingerprint density at radius 1 is 0.552 bits per heavy atom. The molecule has 6 aromatic rings. The van der Waals surface area contributed by atoms with Gasteiger partial charge in [0.15, 0.2) is 34.6 Å². The van der Waals surface area contributed by atoms with Crippen LogP contribution in [0.1, 0.15) is 22.3 Å². The van der Waals surface area contributed by atoms with Crippen molar-refractivity contribution in [1.29, 1.82) is 0 Å². The number of fused-ring (bicyclic) bond motifs is 2. The maximum atomic E-state index is 5.96. The molecule has 16 heteroatoms. The highest BCUT2D eigenvalue weighted by atomic mass is 32.2. The summed E-state index contributed by atoms with van der Waals surface area (Å²) in [6, 6.07) is 26.2. The van der Waals surface area contributed by atoms with E-state index in [9.17, 15) is 0 Å². The average Bonchev–Trinajstić information content (AvgIpc) is 3.88. The van der Waals surface area contributed by atoms with E-state index in [2.05, 4.69) is 87.7 Å². The van der Waals surface area contributed by atoms with Gasteiger partial charge in [0.1, 0.15) is 6.61 Å². The van der Waals surface area contributed by atoms with Crippen LogP contribution in [0.5, 0.6) is 28.7 Å². The fourth-order valence-corrected chi connectivity index (χ4v) is 7.72. The van der Waals surface area contributed by atoms with Gasteiger partial charge in [-0.05, 0) is 69.4 Å². The quantitative estimate of drug-likeness (QED) is 0.124. The first kappa shape index (κ1) is 40.4. The van der Waals surface area contributed by atoms with Crippen molar-refractivity contribution in [1.82, 2.24) is 34.6 Å². The summed E-state index contributed by atoms with van der Waals surface area (Å²) in [5.41, 5.74) is 8.29.